The van der Waals surface area contributed by atoms with E-state index in [2.05, 4.69) is 30.3 Å². The van der Waals surface area contributed by atoms with Crippen LogP contribution in [0, 0.1) is 0 Å². The van der Waals surface area contributed by atoms with Gasteiger partial charge in [0.1, 0.15) is 24.4 Å². The molecule has 2 fully saturated rings. The molecule has 0 radical (unpaired) electrons. The third kappa shape index (κ3) is 3.21. The Morgan fingerprint density at radius 3 is 2.00 bits per heavy atom. The lowest BCUT2D eigenvalue weighted by atomic mass is 9.94. The second-order valence-electron chi connectivity index (χ2n) is 7.68. The Labute approximate surface area is 175 Å². The van der Waals surface area contributed by atoms with Gasteiger partial charge in [0.2, 0.25) is 0 Å². The first-order valence-corrected chi connectivity index (χ1v) is 10.2. The highest BCUT2D eigenvalue weighted by Crippen LogP contribution is 2.41. The summed E-state index contributed by atoms with van der Waals surface area (Å²) in [6.07, 6.45) is -2.47. The van der Waals surface area contributed by atoms with E-state index in [1.807, 2.05) is 24.3 Å². The minimum Gasteiger partial charge on any atom is -0.376 e. The molecule has 0 bridgehead atoms. The van der Waals surface area contributed by atoms with Crippen molar-refractivity contribution in [2.75, 3.05) is 27.9 Å². The van der Waals surface area contributed by atoms with Crippen molar-refractivity contribution >= 4 is 21.5 Å². The number of hydrogen-bond acceptors (Lipinski definition) is 6. The van der Waals surface area contributed by atoms with Gasteiger partial charge in [0.25, 0.3) is 0 Å². The zero-order valence-corrected chi connectivity index (χ0v) is 17.3. The number of hydrogen-bond donors (Lipinski definition) is 0. The van der Waals surface area contributed by atoms with Gasteiger partial charge in [-0.25, -0.2) is 0 Å². The van der Waals surface area contributed by atoms with Crippen LogP contribution in [0.4, 0.5) is 0 Å². The molecule has 6 heteroatoms. The van der Waals surface area contributed by atoms with Gasteiger partial charge in [-0.15, -0.1) is 0 Å². The average molecular weight is 410 g/mol. The average Bonchev–Trinajstić information content (AvgIpc) is 2.80. The third-order valence-corrected chi connectivity index (χ3v) is 6.11. The molecule has 6 nitrogen and oxygen atoms in total. The van der Waals surface area contributed by atoms with Crippen molar-refractivity contribution in [2.24, 2.45) is 0 Å². The van der Waals surface area contributed by atoms with Crippen molar-refractivity contribution in [1.29, 1.82) is 0 Å². The van der Waals surface area contributed by atoms with Crippen molar-refractivity contribution in [3.8, 4) is 0 Å². The minimum absolute atomic E-state index is 0.302. The van der Waals surface area contributed by atoms with Gasteiger partial charge in [-0.2, -0.15) is 0 Å². The van der Waals surface area contributed by atoms with E-state index in [0.29, 0.717) is 6.61 Å². The second-order valence-corrected chi connectivity index (χ2v) is 7.68. The first-order valence-electron chi connectivity index (χ1n) is 10.2. The van der Waals surface area contributed by atoms with Crippen molar-refractivity contribution in [2.45, 2.75) is 37.0 Å². The lowest BCUT2D eigenvalue weighted by Crippen LogP contribution is -2.63. The minimum atomic E-state index is -0.542. The summed E-state index contributed by atoms with van der Waals surface area (Å²) in [7, 11) is 4.88. The standard InChI is InChI=1S/C24H26O6/c1-25-21-20-18(29-24(27-3)22(21)26-2)13-28-23(30-20)19-16-10-6-4-8-14(16)12-15-9-5-7-11-17(15)19/h4-12,18,20-24H,13H2,1-3H3/t18-,20-,21+,22-,23?,24+/m1/s1. The summed E-state index contributed by atoms with van der Waals surface area (Å²) < 4.78 is 35.7. The zero-order valence-electron chi connectivity index (χ0n) is 17.3. The fourth-order valence-electron chi connectivity index (χ4n) is 4.70. The fraction of sp³-hybridized carbons (Fsp3) is 0.417. The maximum Gasteiger partial charge on any atom is 0.186 e. The molecule has 30 heavy (non-hydrogen) atoms. The van der Waals surface area contributed by atoms with Crippen LogP contribution in [0.2, 0.25) is 0 Å². The molecular formula is C24H26O6. The normalized spacial score (nSPS) is 31.7. The molecule has 0 aliphatic carbocycles. The maximum atomic E-state index is 6.51. The van der Waals surface area contributed by atoms with E-state index < -0.39 is 18.7 Å². The second kappa shape index (κ2) is 8.23. The Balaban J connectivity index is 1.57. The molecule has 0 spiro atoms. The van der Waals surface area contributed by atoms with Gasteiger partial charge >= 0.3 is 0 Å². The maximum absolute atomic E-state index is 6.51. The van der Waals surface area contributed by atoms with Gasteiger partial charge in [-0.3, -0.25) is 0 Å². The Hall–Kier alpha value is -2.06. The highest BCUT2D eigenvalue weighted by atomic mass is 16.8. The van der Waals surface area contributed by atoms with E-state index in [-0.39, 0.29) is 18.3 Å². The summed E-state index contributed by atoms with van der Waals surface area (Å²) in [5.74, 6) is 0. The predicted molar refractivity (Wildman–Crippen MR) is 112 cm³/mol. The van der Waals surface area contributed by atoms with Crippen LogP contribution >= 0.6 is 0 Å². The molecule has 0 aromatic heterocycles. The van der Waals surface area contributed by atoms with Crippen molar-refractivity contribution in [3.05, 3.63) is 60.2 Å². The van der Waals surface area contributed by atoms with E-state index in [1.54, 1.807) is 21.3 Å². The molecule has 3 aromatic rings. The van der Waals surface area contributed by atoms with Gasteiger partial charge in [0.15, 0.2) is 12.6 Å². The molecule has 3 aromatic carbocycles. The lowest BCUT2D eigenvalue weighted by molar-refractivity contribution is -0.362. The van der Waals surface area contributed by atoms with Crippen molar-refractivity contribution < 1.29 is 28.4 Å². The summed E-state index contributed by atoms with van der Waals surface area (Å²) >= 11 is 0. The number of rotatable bonds is 4. The van der Waals surface area contributed by atoms with Gasteiger partial charge < -0.3 is 28.4 Å². The topological polar surface area (TPSA) is 55.4 Å². The Bertz CT molecular complexity index is 983. The fourth-order valence-corrected chi connectivity index (χ4v) is 4.70. The van der Waals surface area contributed by atoms with Crippen LogP contribution in [0.1, 0.15) is 11.9 Å². The molecule has 2 saturated heterocycles. The van der Waals surface area contributed by atoms with E-state index in [9.17, 15) is 0 Å². The molecule has 1 unspecified atom stereocenters. The van der Waals surface area contributed by atoms with Crippen LogP contribution in [0.25, 0.3) is 21.5 Å². The summed E-state index contributed by atoms with van der Waals surface area (Å²) in [6.45, 7) is 0.378. The van der Waals surface area contributed by atoms with Gasteiger partial charge in [-0.05, 0) is 27.6 Å². The van der Waals surface area contributed by atoms with Gasteiger partial charge in [0, 0.05) is 26.9 Å². The predicted octanol–water partition coefficient (Wildman–Crippen LogP) is 3.81. The summed E-state index contributed by atoms with van der Waals surface area (Å²) in [6, 6.07) is 18.8. The number of benzene rings is 3. The molecule has 6 atom stereocenters. The number of fused-ring (bicyclic) bond motifs is 3. The first-order chi connectivity index (χ1) is 14.7. The Morgan fingerprint density at radius 2 is 1.40 bits per heavy atom. The van der Waals surface area contributed by atoms with E-state index >= 15 is 0 Å². The quantitative estimate of drug-likeness (QED) is 0.610. The van der Waals surface area contributed by atoms with Crippen LogP contribution in [0.15, 0.2) is 54.6 Å². The molecule has 0 N–H and O–H groups in total. The number of ether oxygens (including phenoxy) is 6. The SMILES string of the molecule is CO[C@H]1O[C@@H]2COC(c3c4ccccc4cc4ccccc34)O[C@H]2[C@H](OC)[C@H]1OC. The van der Waals surface area contributed by atoms with E-state index in [0.717, 1.165) is 27.1 Å². The molecule has 0 amide bonds. The summed E-state index contributed by atoms with van der Waals surface area (Å²) in [5, 5.41) is 4.53. The molecule has 2 heterocycles. The molecule has 158 valence electrons. The highest BCUT2D eigenvalue weighted by molar-refractivity contribution is 6.02. The summed E-state index contributed by atoms with van der Waals surface area (Å²) in [5.41, 5.74) is 1.03. The first kappa shape index (κ1) is 19.9. The van der Waals surface area contributed by atoms with Crippen LogP contribution in [-0.2, 0) is 28.4 Å². The monoisotopic (exact) mass is 410 g/mol. The molecule has 2 aliphatic heterocycles. The number of methoxy groups -OCH3 is 3. The Kier molecular flexibility index (Phi) is 5.45. The molecule has 2 aliphatic rings. The van der Waals surface area contributed by atoms with Crippen LogP contribution in [-0.4, -0.2) is 58.6 Å². The Morgan fingerprint density at radius 1 is 0.767 bits per heavy atom. The van der Waals surface area contributed by atoms with Gasteiger partial charge in [-0.1, -0.05) is 48.5 Å². The van der Waals surface area contributed by atoms with Gasteiger partial charge in [0.05, 0.1) is 6.61 Å². The molecular weight excluding hydrogens is 384 g/mol. The highest BCUT2D eigenvalue weighted by Gasteiger charge is 2.51. The lowest BCUT2D eigenvalue weighted by Gasteiger charge is -2.48. The van der Waals surface area contributed by atoms with Crippen molar-refractivity contribution in [1.82, 2.24) is 0 Å². The van der Waals surface area contributed by atoms with E-state index in [4.69, 9.17) is 28.4 Å². The smallest absolute Gasteiger partial charge is 0.186 e. The van der Waals surface area contributed by atoms with Crippen LogP contribution < -0.4 is 0 Å². The summed E-state index contributed by atoms with van der Waals surface area (Å²) in [4.78, 5) is 0. The van der Waals surface area contributed by atoms with E-state index in [1.165, 1.54) is 0 Å². The van der Waals surface area contributed by atoms with Crippen molar-refractivity contribution in [3.63, 3.8) is 0 Å². The van der Waals surface area contributed by atoms with Crippen LogP contribution in [0.3, 0.4) is 0 Å². The third-order valence-electron chi connectivity index (χ3n) is 6.11. The van der Waals surface area contributed by atoms with Crippen LogP contribution in [0.5, 0.6) is 0 Å². The zero-order chi connectivity index (χ0) is 20.7. The largest absolute Gasteiger partial charge is 0.376 e. The molecule has 5 rings (SSSR count). The molecule has 0 saturated carbocycles.